The molecule has 0 aromatic heterocycles. The lowest BCUT2D eigenvalue weighted by Gasteiger charge is -2.38. The fourth-order valence-corrected chi connectivity index (χ4v) is 2.70. The minimum Gasteiger partial charge on any atom is -0.460 e. The van der Waals surface area contributed by atoms with E-state index in [4.69, 9.17) is 4.74 Å². The highest BCUT2D eigenvalue weighted by molar-refractivity contribution is 5.78. The van der Waals surface area contributed by atoms with Crippen LogP contribution in [0, 0.1) is 5.41 Å². The first-order valence-corrected chi connectivity index (χ1v) is 9.17. The van der Waals surface area contributed by atoms with E-state index < -0.39 is 73.7 Å². The molecule has 1 rings (SSSR count). The molecule has 208 valence electrons. The van der Waals surface area contributed by atoms with E-state index in [9.17, 15) is 70.7 Å². The van der Waals surface area contributed by atoms with Crippen LogP contribution in [0.3, 0.4) is 0 Å². The second-order valence-electron chi connectivity index (χ2n) is 7.62. The first kappa shape index (κ1) is 31.4. The van der Waals surface area contributed by atoms with Gasteiger partial charge in [0, 0.05) is 19.6 Å². The van der Waals surface area contributed by atoms with Gasteiger partial charge in [0.25, 0.3) is 5.41 Å². The topological polar surface area (TPSA) is 38.8 Å². The van der Waals surface area contributed by atoms with Gasteiger partial charge < -0.3 is 9.47 Å². The van der Waals surface area contributed by atoms with Crippen LogP contribution in [0.25, 0.3) is 0 Å². The van der Waals surface area contributed by atoms with Gasteiger partial charge in [0.2, 0.25) is 0 Å². The molecule has 0 N–H and O–H groups in total. The van der Waals surface area contributed by atoms with E-state index in [1.165, 1.54) is 0 Å². The van der Waals surface area contributed by atoms with E-state index in [1.807, 2.05) is 0 Å². The predicted octanol–water partition coefficient (Wildman–Crippen LogP) is 5.22. The third-order valence-corrected chi connectivity index (χ3v) is 5.08. The third kappa shape index (κ3) is 6.02. The van der Waals surface area contributed by atoms with Gasteiger partial charge in [0.15, 0.2) is 0 Å². The molecule has 0 aromatic carbocycles. The second-order valence-corrected chi connectivity index (χ2v) is 7.62. The summed E-state index contributed by atoms with van der Waals surface area (Å²) in [6.07, 6.45) is -26.2. The van der Waals surface area contributed by atoms with Crippen LogP contribution in [0.5, 0.6) is 0 Å². The second kappa shape index (κ2) is 9.66. The van der Waals surface area contributed by atoms with Gasteiger partial charge >= 0.3 is 42.3 Å². The molecule has 1 fully saturated rings. The van der Waals surface area contributed by atoms with Gasteiger partial charge in [-0.05, 0) is 6.92 Å². The molecule has 0 radical (unpaired) electrons. The molecule has 0 aromatic rings. The van der Waals surface area contributed by atoms with Crippen molar-refractivity contribution >= 4 is 5.97 Å². The summed E-state index contributed by atoms with van der Waals surface area (Å²) >= 11 is 0. The van der Waals surface area contributed by atoms with Crippen molar-refractivity contribution in [2.24, 2.45) is 5.41 Å². The number of esters is 1. The quantitative estimate of drug-likeness (QED) is 0.304. The zero-order chi connectivity index (χ0) is 27.9. The number of hydrogen-bond acceptors (Lipinski definition) is 4. The largest absolute Gasteiger partial charge is 0.460 e. The van der Waals surface area contributed by atoms with E-state index in [0.29, 0.717) is 0 Å². The first-order chi connectivity index (χ1) is 15.3. The van der Waals surface area contributed by atoms with E-state index >= 15 is 0 Å². The molecule has 0 bridgehead atoms. The average Bonchev–Trinajstić information content (AvgIpc) is 2.64. The summed E-state index contributed by atoms with van der Waals surface area (Å²) in [5.41, 5.74) is -5.38. The van der Waals surface area contributed by atoms with Crippen molar-refractivity contribution < 1.29 is 80.1 Å². The summed E-state index contributed by atoms with van der Waals surface area (Å²) in [5, 5.41) is 0. The Morgan fingerprint density at radius 1 is 0.771 bits per heavy atom. The molecule has 0 saturated carbocycles. The Morgan fingerprint density at radius 2 is 1.20 bits per heavy atom. The zero-order valence-electron chi connectivity index (χ0n) is 17.2. The molecule has 0 spiro atoms. The molecule has 0 aliphatic carbocycles. The Bertz CT molecular complexity index is 724. The monoisotopic (exact) mass is 555 g/mol. The minimum absolute atomic E-state index is 0.220. The number of alkyl halides is 15. The fourth-order valence-electron chi connectivity index (χ4n) is 2.70. The highest BCUT2D eigenvalue weighted by Gasteiger charge is 2.82. The molecule has 1 heterocycles. The number of hydrogen-bond donors (Lipinski definition) is 0. The van der Waals surface area contributed by atoms with Gasteiger partial charge in [-0.2, -0.15) is 65.9 Å². The van der Waals surface area contributed by atoms with E-state index in [-0.39, 0.29) is 26.3 Å². The normalized spacial score (nSPS) is 19.0. The molecule has 1 aliphatic rings. The Labute approximate surface area is 186 Å². The molecule has 1 aliphatic heterocycles. The number of halogens is 15. The summed E-state index contributed by atoms with van der Waals surface area (Å²) < 4.78 is 205. The van der Waals surface area contributed by atoms with E-state index in [1.54, 1.807) is 0 Å². The van der Waals surface area contributed by atoms with Crippen molar-refractivity contribution in [2.75, 3.05) is 32.8 Å². The Hall–Kier alpha value is -1.66. The molecule has 4 nitrogen and oxygen atoms in total. The lowest BCUT2D eigenvalue weighted by atomic mass is 9.88. The summed E-state index contributed by atoms with van der Waals surface area (Å²) in [4.78, 5) is 12.7. The van der Waals surface area contributed by atoms with E-state index in [0.717, 1.165) is 4.90 Å². The van der Waals surface area contributed by atoms with Crippen molar-refractivity contribution in [3.05, 3.63) is 0 Å². The SMILES string of the molecule is CC(C(=O)OC(CN1CCOCC1)CC(F)(F)C(F)(F)C(F)(F)C(F)(F)F)(C(F)(F)F)C(F)(F)F. The summed E-state index contributed by atoms with van der Waals surface area (Å²) in [6, 6.07) is 0. The standard InChI is InChI=1S/C16H16F15NO3/c1-10(14(23,24)25,15(26,27)28)9(33)35-8(7-32-2-4-34-5-3-32)6-11(17,18)12(19,20)13(21,22)16(29,30)31/h8H,2-7H2,1H3. The maximum Gasteiger partial charge on any atom is 0.460 e. The summed E-state index contributed by atoms with van der Waals surface area (Å²) in [6.45, 7) is -3.14. The average molecular weight is 555 g/mol. The van der Waals surface area contributed by atoms with Gasteiger partial charge in [-0.1, -0.05) is 0 Å². The summed E-state index contributed by atoms with van der Waals surface area (Å²) in [7, 11) is 0. The van der Waals surface area contributed by atoms with Crippen molar-refractivity contribution in [2.45, 2.75) is 55.7 Å². The fraction of sp³-hybridized carbons (Fsp3) is 0.938. The Morgan fingerprint density at radius 3 is 1.57 bits per heavy atom. The van der Waals surface area contributed by atoms with Crippen LogP contribution in [0.2, 0.25) is 0 Å². The zero-order valence-corrected chi connectivity index (χ0v) is 17.2. The predicted molar refractivity (Wildman–Crippen MR) is 82.9 cm³/mol. The minimum atomic E-state index is -7.37. The van der Waals surface area contributed by atoms with Crippen molar-refractivity contribution in [3.63, 3.8) is 0 Å². The van der Waals surface area contributed by atoms with Crippen LogP contribution in [0.1, 0.15) is 13.3 Å². The van der Waals surface area contributed by atoms with E-state index in [2.05, 4.69) is 4.74 Å². The number of morpholine rings is 1. The molecule has 0 amide bonds. The molecule has 19 heteroatoms. The van der Waals surface area contributed by atoms with Crippen LogP contribution in [0.4, 0.5) is 65.9 Å². The molecular formula is C16H16F15NO3. The molecule has 1 unspecified atom stereocenters. The Kier molecular flexibility index (Phi) is 8.66. The third-order valence-electron chi connectivity index (χ3n) is 5.08. The number of carbonyl (C=O) groups is 1. The first-order valence-electron chi connectivity index (χ1n) is 9.17. The van der Waals surface area contributed by atoms with Crippen LogP contribution in [0.15, 0.2) is 0 Å². The van der Waals surface area contributed by atoms with Crippen LogP contribution in [-0.4, -0.2) is 86.1 Å². The smallest absolute Gasteiger partial charge is 0.460 e. The van der Waals surface area contributed by atoms with Crippen molar-refractivity contribution in [1.82, 2.24) is 4.90 Å². The number of rotatable bonds is 8. The van der Waals surface area contributed by atoms with Gasteiger partial charge in [-0.15, -0.1) is 0 Å². The lowest BCUT2D eigenvalue weighted by molar-refractivity contribution is -0.398. The number of ether oxygens (including phenoxy) is 2. The maximum absolute atomic E-state index is 14.0. The molecule has 1 atom stereocenters. The molecule has 35 heavy (non-hydrogen) atoms. The number of nitrogens with zero attached hydrogens (tertiary/aromatic N) is 1. The Balaban J connectivity index is 3.39. The van der Waals surface area contributed by atoms with Gasteiger partial charge in [-0.3, -0.25) is 9.69 Å². The molecular weight excluding hydrogens is 539 g/mol. The maximum atomic E-state index is 14.0. The highest BCUT2D eigenvalue weighted by atomic mass is 19.4. The highest BCUT2D eigenvalue weighted by Crippen LogP contribution is 2.55. The van der Waals surface area contributed by atoms with Gasteiger partial charge in [0.05, 0.1) is 19.6 Å². The van der Waals surface area contributed by atoms with Crippen LogP contribution in [-0.2, 0) is 14.3 Å². The lowest BCUT2D eigenvalue weighted by Crippen LogP contribution is -2.62. The van der Waals surface area contributed by atoms with Gasteiger partial charge in [0.1, 0.15) is 6.10 Å². The molecule has 1 saturated heterocycles. The van der Waals surface area contributed by atoms with Crippen molar-refractivity contribution in [1.29, 1.82) is 0 Å². The van der Waals surface area contributed by atoms with Crippen molar-refractivity contribution in [3.8, 4) is 0 Å². The number of carbonyl (C=O) groups excluding carboxylic acids is 1. The van der Waals surface area contributed by atoms with Gasteiger partial charge in [-0.25, -0.2) is 0 Å². The summed E-state index contributed by atoms with van der Waals surface area (Å²) in [5.74, 6) is -24.3. The van der Waals surface area contributed by atoms with Crippen LogP contribution >= 0.6 is 0 Å². The van der Waals surface area contributed by atoms with Crippen LogP contribution < -0.4 is 0 Å².